The van der Waals surface area contributed by atoms with Gasteiger partial charge in [-0.25, -0.2) is 0 Å². The third kappa shape index (κ3) is 20.2. The van der Waals surface area contributed by atoms with Crippen molar-refractivity contribution >= 4 is 23.7 Å². The van der Waals surface area contributed by atoms with Gasteiger partial charge >= 0.3 is 5.97 Å². The number of aliphatic carboxylic acids is 1. The lowest BCUT2D eigenvalue weighted by Crippen LogP contribution is -2.59. The molecule has 0 aromatic carbocycles. The number of amides is 3. The highest BCUT2D eigenvalue weighted by atomic mass is 16.7. The van der Waals surface area contributed by atoms with E-state index in [1.165, 1.54) is 91.0 Å². The van der Waals surface area contributed by atoms with Crippen LogP contribution in [0.5, 0.6) is 0 Å². The average molecular weight is 744 g/mol. The summed E-state index contributed by atoms with van der Waals surface area (Å²) in [5.74, 6) is -3.16. The largest absolute Gasteiger partial charge is 0.481 e. The van der Waals surface area contributed by atoms with E-state index in [1.807, 2.05) is 0 Å². The van der Waals surface area contributed by atoms with Gasteiger partial charge in [0.25, 0.3) is 0 Å². The summed E-state index contributed by atoms with van der Waals surface area (Å²) < 4.78 is 11.3. The Kier molecular flexibility index (Phi) is 26.7. The van der Waals surface area contributed by atoms with E-state index < -0.39 is 67.2 Å². The number of aliphatic hydroxyl groups excluding tert-OH is 3. The molecule has 304 valence electrons. The highest BCUT2D eigenvalue weighted by Gasteiger charge is 2.43. The molecule has 1 aliphatic rings. The molecule has 7 N–H and O–H groups in total. The van der Waals surface area contributed by atoms with Gasteiger partial charge in [0, 0.05) is 19.4 Å². The monoisotopic (exact) mass is 744 g/mol. The first-order valence-electron chi connectivity index (χ1n) is 20.3. The van der Waals surface area contributed by atoms with Crippen LogP contribution in [0.2, 0.25) is 0 Å². The van der Waals surface area contributed by atoms with Crippen LogP contribution in [0.25, 0.3) is 0 Å². The molecular formula is C39H73N3O10. The van der Waals surface area contributed by atoms with E-state index in [0.29, 0.717) is 12.8 Å². The number of carbonyl (C=O) groups excluding carboxylic acids is 3. The molecule has 0 radical (unpaired) electrons. The van der Waals surface area contributed by atoms with Gasteiger partial charge in [-0.15, -0.1) is 0 Å². The molecule has 1 aliphatic heterocycles. The molecule has 0 unspecified atom stereocenters. The third-order valence-electron chi connectivity index (χ3n) is 10.1. The number of unbranched alkanes of at least 4 members (excludes halogenated alkanes) is 16. The number of carbonyl (C=O) groups is 4. The number of carboxylic acids is 1. The molecule has 3 amide bonds. The van der Waals surface area contributed by atoms with E-state index >= 15 is 0 Å². The quantitative estimate of drug-likeness (QED) is 0.0480. The first-order chi connectivity index (χ1) is 25.0. The van der Waals surface area contributed by atoms with Crippen LogP contribution in [-0.2, 0) is 28.7 Å². The summed E-state index contributed by atoms with van der Waals surface area (Å²) >= 11 is 0. The molecular weight excluding hydrogens is 670 g/mol. The summed E-state index contributed by atoms with van der Waals surface area (Å²) in [5.41, 5.74) is 0. The van der Waals surface area contributed by atoms with Gasteiger partial charge < -0.3 is 45.9 Å². The zero-order valence-electron chi connectivity index (χ0n) is 32.6. The second kappa shape index (κ2) is 29.1. The van der Waals surface area contributed by atoms with Crippen molar-refractivity contribution in [3.05, 3.63) is 0 Å². The van der Waals surface area contributed by atoms with Crippen LogP contribution in [0.4, 0.5) is 0 Å². The number of ether oxygens (including phenoxy) is 2. The van der Waals surface area contributed by atoms with E-state index in [9.17, 15) is 39.6 Å². The Morgan fingerprint density at radius 2 is 1.08 bits per heavy atom. The lowest BCUT2D eigenvalue weighted by Gasteiger charge is -2.39. The maximum atomic E-state index is 13.9. The molecule has 1 fully saturated rings. The van der Waals surface area contributed by atoms with Crippen molar-refractivity contribution in [3.63, 3.8) is 0 Å². The maximum absolute atomic E-state index is 13.9. The molecule has 0 aromatic heterocycles. The summed E-state index contributed by atoms with van der Waals surface area (Å²) in [6, 6.07) is -2.51. The van der Waals surface area contributed by atoms with Crippen molar-refractivity contribution in [2.24, 2.45) is 5.92 Å². The van der Waals surface area contributed by atoms with Crippen molar-refractivity contribution in [2.45, 2.75) is 205 Å². The number of hydrogen-bond acceptors (Lipinski definition) is 9. The van der Waals surface area contributed by atoms with E-state index in [1.54, 1.807) is 0 Å². The van der Waals surface area contributed by atoms with Gasteiger partial charge in [-0.3, -0.25) is 19.2 Å². The molecule has 0 aromatic rings. The van der Waals surface area contributed by atoms with Crippen molar-refractivity contribution in [3.8, 4) is 0 Å². The highest BCUT2D eigenvalue weighted by molar-refractivity contribution is 5.92. The molecule has 13 heteroatoms. The Morgan fingerprint density at radius 3 is 1.54 bits per heavy atom. The Morgan fingerprint density at radius 1 is 0.615 bits per heavy atom. The predicted molar refractivity (Wildman–Crippen MR) is 200 cm³/mol. The molecule has 1 rings (SSSR count). The van der Waals surface area contributed by atoms with Crippen LogP contribution < -0.4 is 16.0 Å². The number of aliphatic hydroxyl groups is 3. The van der Waals surface area contributed by atoms with Crippen LogP contribution in [-0.4, -0.2) is 101 Å². The Balaban J connectivity index is 3.02. The third-order valence-corrected chi connectivity index (χ3v) is 10.1. The Bertz CT molecular complexity index is 964. The zero-order chi connectivity index (χ0) is 38.7. The predicted octanol–water partition coefficient (Wildman–Crippen LogP) is 4.87. The molecule has 0 saturated carbocycles. The normalized spacial score (nSPS) is 21.4. The van der Waals surface area contributed by atoms with Gasteiger partial charge in [0.15, 0.2) is 6.29 Å². The highest BCUT2D eigenvalue weighted by Crippen LogP contribution is 2.23. The molecule has 1 saturated heterocycles. The molecule has 1 heterocycles. The molecule has 0 bridgehead atoms. The lowest BCUT2D eigenvalue weighted by atomic mass is 9.93. The fourth-order valence-corrected chi connectivity index (χ4v) is 6.61. The van der Waals surface area contributed by atoms with Crippen LogP contribution in [0.1, 0.15) is 162 Å². The van der Waals surface area contributed by atoms with Gasteiger partial charge in [-0.1, -0.05) is 129 Å². The van der Waals surface area contributed by atoms with Gasteiger partial charge in [-0.05, 0) is 26.2 Å². The minimum Gasteiger partial charge on any atom is -0.481 e. The first kappa shape index (κ1) is 47.7. The second-order valence-electron chi connectivity index (χ2n) is 14.6. The summed E-state index contributed by atoms with van der Waals surface area (Å²) in [6.07, 6.45) is 14.8. The molecule has 7 atom stereocenters. The van der Waals surface area contributed by atoms with E-state index in [-0.39, 0.29) is 24.7 Å². The number of likely N-dealkylation sites (N-methyl/N-ethyl adjacent to an activating group) is 1. The minimum atomic E-state index is -1.62. The number of hydrogen-bond donors (Lipinski definition) is 7. The van der Waals surface area contributed by atoms with Crippen LogP contribution >= 0.6 is 0 Å². The smallest absolute Gasteiger partial charge is 0.303 e. The fraction of sp³-hybridized carbons (Fsp3) is 0.897. The van der Waals surface area contributed by atoms with Crippen molar-refractivity contribution in [1.82, 2.24) is 16.0 Å². The SMILES string of the molecule is CCCCCCCCCCCC(CCCCCCCCCCC)C(=O)N[C@H](CO[C@@H]1O[C@@H](C)[C@@H](O)[C@@H](O)[C@@H]1O)C(=O)N[C@@H](CCC(=O)O)C(=O)NC. The number of nitrogens with one attached hydrogen (secondary N) is 3. The van der Waals surface area contributed by atoms with Gasteiger partial charge in [0.1, 0.15) is 30.4 Å². The molecule has 13 nitrogen and oxygen atoms in total. The topological polar surface area (TPSA) is 204 Å². The maximum Gasteiger partial charge on any atom is 0.303 e. The van der Waals surface area contributed by atoms with Gasteiger partial charge in [-0.2, -0.15) is 0 Å². The minimum absolute atomic E-state index is 0.172. The van der Waals surface area contributed by atoms with Gasteiger partial charge in [0.2, 0.25) is 17.7 Å². The molecule has 0 spiro atoms. The summed E-state index contributed by atoms with van der Waals surface area (Å²) in [6.45, 7) is 5.44. The lowest BCUT2D eigenvalue weighted by molar-refractivity contribution is -0.293. The van der Waals surface area contributed by atoms with Crippen LogP contribution in [0.15, 0.2) is 0 Å². The summed E-state index contributed by atoms with van der Waals surface area (Å²) in [5, 5.41) is 47.8. The van der Waals surface area contributed by atoms with Crippen LogP contribution in [0.3, 0.4) is 0 Å². The van der Waals surface area contributed by atoms with Crippen molar-refractivity contribution < 1.29 is 49.1 Å². The number of rotatable bonds is 31. The van der Waals surface area contributed by atoms with Crippen molar-refractivity contribution in [2.75, 3.05) is 13.7 Å². The first-order valence-corrected chi connectivity index (χ1v) is 20.3. The Labute approximate surface area is 312 Å². The standard InChI is InChI=1S/C39H73N3O10/c1-5-7-9-11-13-15-17-19-21-23-29(24-22-20-18-16-14-12-10-8-6-2)36(48)42-31(27-51-39-35(47)34(46)33(45)28(3)52-39)38(50)41-30(37(49)40-4)25-26-32(43)44/h28-31,33-35,39,45-47H,5-27H2,1-4H3,(H,40,49)(H,41,50)(H,42,48)(H,43,44)/t28-,30-,31+,33+,34+,35-,39+/m0/s1. The number of carboxylic acid groups (broad SMARTS) is 1. The zero-order valence-corrected chi connectivity index (χ0v) is 32.6. The van der Waals surface area contributed by atoms with E-state index in [4.69, 9.17) is 9.47 Å². The summed E-state index contributed by atoms with van der Waals surface area (Å²) in [4.78, 5) is 51.3. The van der Waals surface area contributed by atoms with Gasteiger partial charge in [0.05, 0.1) is 12.7 Å². The Hall–Kier alpha value is -2.32. The van der Waals surface area contributed by atoms with E-state index in [2.05, 4.69) is 29.8 Å². The second-order valence-corrected chi connectivity index (χ2v) is 14.6. The average Bonchev–Trinajstić information content (AvgIpc) is 3.12. The van der Waals surface area contributed by atoms with Crippen molar-refractivity contribution in [1.29, 1.82) is 0 Å². The summed E-state index contributed by atoms with van der Waals surface area (Å²) in [7, 11) is 1.37. The molecule has 52 heavy (non-hydrogen) atoms. The van der Waals surface area contributed by atoms with Crippen LogP contribution in [0, 0.1) is 5.92 Å². The molecule has 0 aliphatic carbocycles. The fourth-order valence-electron chi connectivity index (χ4n) is 6.61. The van der Waals surface area contributed by atoms with E-state index in [0.717, 1.165) is 38.5 Å².